The Hall–Kier alpha value is 0.526. The Kier molecular flexibility index (Phi) is 9.20. The Bertz CT molecular complexity index is 637. The van der Waals surface area contributed by atoms with E-state index in [0.717, 1.165) is 0 Å². The molecular formula is C17H17Cl2Zr2. The summed E-state index contributed by atoms with van der Waals surface area (Å²) in [5.41, 5.74) is 8.53. The molecule has 0 saturated carbocycles. The summed E-state index contributed by atoms with van der Waals surface area (Å²) >= 11 is 1.59. The molecule has 0 radical (unpaired) electrons. The smallest absolute Gasteiger partial charge is 0 e. The van der Waals surface area contributed by atoms with Crippen LogP contribution in [0.1, 0.15) is 27.2 Å². The van der Waals surface area contributed by atoms with Crippen LogP contribution in [0.2, 0.25) is 0 Å². The fraction of sp³-hybridized carbons (Fsp3) is 0.176. The molecule has 0 heterocycles. The number of halogens is 2. The predicted octanol–water partition coefficient (Wildman–Crippen LogP) is 5.51. The van der Waals surface area contributed by atoms with Crippen molar-refractivity contribution in [2.75, 3.05) is 0 Å². The maximum Gasteiger partial charge on any atom is 0 e. The molecule has 0 saturated heterocycles. The second kappa shape index (κ2) is 8.98. The van der Waals surface area contributed by atoms with Crippen molar-refractivity contribution in [3.05, 3.63) is 64.7 Å². The zero-order chi connectivity index (χ0) is 12.7. The summed E-state index contributed by atoms with van der Waals surface area (Å²) in [6, 6.07) is 15.4. The number of fused-ring (bicyclic) bond motifs is 1. The fourth-order valence-electron chi connectivity index (χ4n) is 2.64. The first-order valence-corrected chi connectivity index (χ1v) is 7.68. The van der Waals surface area contributed by atoms with E-state index in [4.69, 9.17) is 0 Å². The van der Waals surface area contributed by atoms with E-state index in [1.165, 1.54) is 33.4 Å². The molecule has 0 fully saturated rings. The van der Waals surface area contributed by atoms with Crippen molar-refractivity contribution in [3.8, 4) is 11.1 Å². The van der Waals surface area contributed by atoms with Crippen molar-refractivity contribution >= 4 is 30.9 Å². The van der Waals surface area contributed by atoms with E-state index in [-0.39, 0.29) is 51.0 Å². The molecular weight excluding hydrogens is 458 g/mol. The number of hydrogen-bond donors (Lipinski definition) is 0. The second-order valence-corrected chi connectivity index (χ2v) is 6.42. The van der Waals surface area contributed by atoms with Crippen LogP contribution in [0.15, 0.2) is 48.0 Å². The van der Waals surface area contributed by atoms with E-state index in [0.29, 0.717) is 3.63 Å². The van der Waals surface area contributed by atoms with Gasteiger partial charge in [-0.15, -0.1) is 24.8 Å². The van der Waals surface area contributed by atoms with Crippen LogP contribution in [0.25, 0.3) is 17.2 Å². The van der Waals surface area contributed by atoms with Gasteiger partial charge in [0.05, 0.1) is 0 Å². The average molecular weight is 475 g/mol. The van der Waals surface area contributed by atoms with Gasteiger partial charge in [0.15, 0.2) is 0 Å². The molecule has 3 rings (SSSR count). The van der Waals surface area contributed by atoms with Gasteiger partial charge in [-0.25, -0.2) is 0 Å². The van der Waals surface area contributed by atoms with Gasteiger partial charge in [-0.1, -0.05) is 0 Å². The van der Waals surface area contributed by atoms with Crippen molar-refractivity contribution in [2.45, 2.75) is 17.5 Å². The maximum atomic E-state index is 2.37. The van der Waals surface area contributed by atoms with Crippen LogP contribution in [0.5, 0.6) is 0 Å². The third kappa shape index (κ3) is 4.29. The molecule has 4 heteroatoms. The van der Waals surface area contributed by atoms with Crippen LogP contribution in [0.3, 0.4) is 0 Å². The molecule has 2 aromatic carbocycles. The van der Waals surface area contributed by atoms with Gasteiger partial charge in [-0.3, -0.25) is 0 Å². The second-order valence-electron chi connectivity index (χ2n) is 5.00. The van der Waals surface area contributed by atoms with Crippen molar-refractivity contribution in [3.63, 3.8) is 0 Å². The monoisotopic (exact) mass is 471 g/mol. The fourth-order valence-corrected chi connectivity index (χ4v) is 3.43. The van der Waals surface area contributed by atoms with Crippen molar-refractivity contribution in [1.82, 2.24) is 0 Å². The summed E-state index contributed by atoms with van der Waals surface area (Å²) in [7, 11) is 0. The number of allylic oxidation sites excluding steroid dienone is 1. The van der Waals surface area contributed by atoms with E-state index in [2.05, 4.69) is 62.4 Å². The standard InChI is InChI=1S/C17H15.2ClH.2Zr/c1-12-8-15-9-13(2)11-17(15)16(10-12)14-6-4-3-5-7-14;;;;/h3-11H,1-2H3;2*1H;;. The number of hydrogen-bond acceptors (Lipinski definition) is 0. The van der Waals surface area contributed by atoms with Gasteiger partial charge in [0.2, 0.25) is 0 Å². The summed E-state index contributed by atoms with van der Waals surface area (Å²) in [5.74, 6) is 0. The number of rotatable bonds is 1. The molecule has 0 spiro atoms. The molecule has 0 aliphatic heterocycles. The molecule has 0 aromatic heterocycles. The van der Waals surface area contributed by atoms with Gasteiger partial charge in [-0.05, 0) is 0 Å². The molecule has 0 amide bonds. The molecule has 1 aliphatic carbocycles. The van der Waals surface area contributed by atoms with Crippen LogP contribution < -0.4 is 0 Å². The molecule has 1 atom stereocenters. The van der Waals surface area contributed by atoms with Gasteiger partial charge in [0.1, 0.15) is 0 Å². The van der Waals surface area contributed by atoms with Gasteiger partial charge in [0.25, 0.3) is 0 Å². The Morgan fingerprint density at radius 2 is 1.57 bits per heavy atom. The van der Waals surface area contributed by atoms with Crippen LogP contribution >= 0.6 is 24.8 Å². The van der Waals surface area contributed by atoms with Gasteiger partial charge in [-0.2, -0.15) is 0 Å². The quantitative estimate of drug-likeness (QED) is 0.511. The largest absolute Gasteiger partial charge is 0.147 e. The summed E-state index contributed by atoms with van der Waals surface area (Å²) in [6.45, 7) is 4.45. The minimum absolute atomic E-state index is 0. The van der Waals surface area contributed by atoms with Crippen LogP contribution in [0, 0.1) is 6.92 Å². The third-order valence-electron chi connectivity index (χ3n) is 3.58. The Morgan fingerprint density at radius 1 is 0.952 bits per heavy atom. The van der Waals surface area contributed by atoms with Gasteiger partial charge >= 0.3 is 124 Å². The zero-order valence-corrected chi connectivity index (χ0v) is 18.6. The predicted molar refractivity (Wildman–Crippen MR) is 87.5 cm³/mol. The summed E-state index contributed by atoms with van der Waals surface area (Å²) in [6.07, 6.45) is 2.37. The van der Waals surface area contributed by atoms with Gasteiger partial charge in [0, 0.05) is 26.2 Å². The first-order chi connectivity index (χ1) is 8.66. The molecule has 1 unspecified atom stereocenters. The Balaban J connectivity index is 0.00000133. The summed E-state index contributed by atoms with van der Waals surface area (Å²) in [5, 5.41) is 0. The molecule has 0 N–H and O–H groups in total. The van der Waals surface area contributed by atoms with Gasteiger partial charge < -0.3 is 0 Å². The average Bonchev–Trinajstić information content (AvgIpc) is 2.66. The SMILES string of the molecule is CC1=Cc2c(-c3ccccc3)cc(C)cc2[CH]1[Zr].Cl.Cl.[Zr]. The maximum absolute atomic E-state index is 2.37. The normalized spacial score (nSPS) is 14.9. The van der Waals surface area contributed by atoms with E-state index < -0.39 is 0 Å². The van der Waals surface area contributed by atoms with Crippen LogP contribution in [-0.2, 0) is 50.9 Å². The number of aryl methyl sites for hydroxylation is 1. The first-order valence-electron chi connectivity index (χ1n) is 6.26. The topological polar surface area (TPSA) is 0 Å². The molecule has 1 aliphatic rings. The molecule has 2 aromatic rings. The molecule has 21 heavy (non-hydrogen) atoms. The summed E-state index contributed by atoms with van der Waals surface area (Å²) in [4.78, 5) is 0. The van der Waals surface area contributed by atoms with Crippen molar-refractivity contribution < 1.29 is 50.9 Å². The molecule has 0 nitrogen and oxygen atoms in total. The van der Waals surface area contributed by atoms with E-state index in [1.807, 2.05) is 0 Å². The Labute approximate surface area is 173 Å². The zero-order valence-electron chi connectivity index (χ0n) is 12.0. The molecule has 0 bridgehead atoms. The minimum atomic E-state index is 0. The van der Waals surface area contributed by atoms with Crippen molar-refractivity contribution in [2.24, 2.45) is 0 Å². The number of benzene rings is 2. The first kappa shape index (κ1) is 21.5. The van der Waals surface area contributed by atoms with Crippen molar-refractivity contribution in [1.29, 1.82) is 0 Å². The van der Waals surface area contributed by atoms with E-state index in [1.54, 1.807) is 24.7 Å². The third-order valence-corrected chi connectivity index (χ3v) is 5.46. The van der Waals surface area contributed by atoms with E-state index in [9.17, 15) is 0 Å². The van der Waals surface area contributed by atoms with E-state index >= 15 is 0 Å². The van der Waals surface area contributed by atoms with Crippen LogP contribution in [-0.4, -0.2) is 0 Å². The van der Waals surface area contributed by atoms with Crippen LogP contribution in [0.4, 0.5) is 0 Å². The minimum Gasteiger partial charge on any atom is -0.147 e. The summed E-state index contributed by atoms with van der Waals surface area (Å²) < 4.78 is 0.648. The Morgan fingerprint density at radius 3 is 2.19 bits per heavy atom. The molecule has 107 valence electrons.